The van der Waals surface area contributed by atoms with Gasteiger partial charge in [0.1, 0.15) is 11.1 Å². The number of benzene rings is 2. The van der Waals surface area contributed by atoms with Crippen LogP contribution in [0.15, 0.2) is 57.7 Å². The highest BCUT2D eigenvalue weighted by Crippen LogP contribution is 2.28. The van der Waals surface area contributed by atoms with Crippen LogP contribution in [-0.2, 0) is 12.8 Å². The number of carbonyl (C=O) groups is 1. The van der Waals surface area contributed by atoms with Crippen molar-refractivity contribution < 1.29 is 9.21 Å². The molecule has 1 aliphatic rings. The monoisotopic (exact) mass is 319 g/mol. The summed E-state index contributed by atoms with van der Waals surface area (Å²) in [6, 6.07) is 14.7. The molecular weight excluding hydrogens is 302 g/mol. The van der Waals surface area contributed by atoms with E-state index in [1.54, 1.807) is 18.2 Å². The molecule has 0 fully saturated rings. The van der Waals surface area contributed by atoms with Gasteiger partial charge in [-0.25, -0.2) is 4.79 Å². The summed E-state index contributed by atoms with van der Waals surface area (Å²) in [5.41, 5.74) is 3.16. The van der Waals surface area contributed by atoms with Gasteiger partial charge in [0.15, 0.2) is 0 Å². The van der Waals surface area contributed by atoms with Crippen LogP contribution in [0.1, 0.15) is 34.3 Å². The average Bonchev–Trinajstić information content (AvgIpc) is 2.61. The molecule has 0 radical (unpaired) electrons. The van der Waals surface area contributed by atoms with Crippen LogP contribution in [0.3, 0.4) is 0 Å². The maximum absolute atomic E-state index is 12.6. The number of para-hydroxylation sites is 1. The van der Waals surface area contributed by atoms with Gasteiger partial charge in [-0.1, -0.05) is 30.3 Å². The van der Waals surface area contributed by atoms with Crippen LogP contribution in [-0.4, -0.2) is 5.91 Å². The summed E-state index contributed by atoms with van der Waals surface area (Å²) in [6.07, 6.45) is 4.30. The first kappa shape index (κ1) is 14.7. The molecule has 0 unspecified atom stereocenters. The molecule has 3 aromatic rings. The van der Waals surface area contributed by atoms with Gasteiger partial charge in [0, 0.05) is 11.1 Å². The molecule has 0 atom stereocenters. The predicted octanol–water partition coefficient (Wildman–Crippen LogP) is 3.92. The second kappa shape index (κ2) is 5.96. The third kappa shape index (κ3) is 2.60. The molecule has 0 spiro atoms. The molecule has 1 amide bonds. The second-order valence-corrected chi connectivity index (χ2v) is 6.09. The van der Waals surface area contributed by atoms with E-state index in [4.69, 9.17) is 4.42 Å². The first-order valence-corrected chi connectivity index (χ1v) is 8.17. The third-order valence-electron chi connectivity index (χ3n) is 4.53. The molecule has 1 heterocycles. The van der Waals surface area contributed by atoms with Gasteiger partial charge in [0.05, 0.1) is 0 Å². The van der Waals surface area contributed by atoms with Crippen molar-refractivity contribution in [3.63, 3.8) is 0 Å². The fraction of sp³-hybridized carbons (Fsp3) is 0.200. The smallest absolute Gasteiger partial charge is 0.349 e. The van der Waals surface area contributed by atoms with E-state index in [1.807, 2.05) is 24.3 Å². The van der Waals surface area contributed by atoms with Crippen molar-refractivity contribution in [3.8, 4) is 0 Å². The lowest BCUT2D eigenvalue weighted by Crippen LogP contribution is -2.22. The lowest BCUT2D eigenvalue weighted by atomic mass is 9.90. The fourth-order valence-corrected chi connectivity index (χ4v) is 3.31. The lowest BCUT2D eigenvalue weighted by molar-refractivity contribution is 0.102. The number of rotatable bonds is 2. The van der Waals surface area contributed by atoms with Crippen LogP contribution >= 0.6 is 0 Å². The van der Waals surface area contributed by atoms with E-state index in [0.29, 0.717) is 5.58 Å². The molecule has 4 heteroatoms. The van der Waals surface area contributed by atoms with Crippen molar-refractivity contribution in [2.75, 3.05) is 5.32 Å². The Labute approximate surface area is 139 Å². The van der Waals surface area contributed by atoms with E-state index >= 15 is 0 Å². The SMILES string of the molecule is O=C(Nc1cccc2c1CCCC2)c1cc2ccccc2oc1=O. The summed E-state index contributed by atoms with van der Waals surface area (Å²) >= 11 is 0. The summed E-state index contributed by atoms with van der Waals surface area (Å²) in [4.78, 5) is 24.7. The third-order valence-corrected chi connectivity index (χ3v) is 4.53. The normalized spacial score (nSPS) is 13.5. The van der Waals surface area contributed by atoms with Gasteiger partial charge >= 0.3 is 5.63 Å². The summed E-state index contributed by atoms with van der Waals surface area (Å²) in [7, 11) is 0. The van der Waals surface area contributed by atoms with Crippen molar-refractivity contribution in [2.24, 2.45) is 0 Å². The zero-order chi connectivity index (χ0) is 16.5. The highest BCUT2D eigenvalue weighted by Gasteiger charge is 2.18. The van der Waals surface area contributed by atoms with Crippen molar-refractivity contribution in [2.45, 2.75) is 25.7 Å². The summed E-state index contributed by atoms with van der Waals surface area (Å²) in [5.74, 6) is -0.423. The molecule has 4 nitrogen and oxygen atoms in total. The van der Waals surface area contributed by atoms with Crippen LogP contribution in [0, 0.1) is 0 Å². The molecule has 0 saturated heterocycles. The Morgan fingerprint density at radius 2 is 1.83 bits per heavy atom. The zero-order valence-electron chi connectivity index (χ0n) is 13.2. The molecule has 2 aromatic carbocycles. The maximum atomic E-state index is 12.6. The molecule has 1 aliphatic carbocycles. The maximum Gasteiger partial charge on any atom is 0.349 e. The number of fused-ring (bicyclic) bond motifs is 2. The van der Waals surface area contributed by atoms with Crippen LogP contribution in [0.5, 0.6) is 0 Å². The number of carbonyl (C=O) groups excluding carboxylic acids is 1. The molecule has 24 heavy (non-hydrogen) atoms. The van der Waals surface area contributed by atoms with Crippen LogP contribution < -0.4 is 10.9 Å². The van der Waals surface area contributed by atoms with E-state index in [1.165, 1.54) is 17.5 Å². The van der Waals surface area contributed by atoms with Gasteiger partial charge in [0.25, 0.3) is 5.91 Å². The quantitative estimate of drug-likeness (QED) is 0.728. The van der Waals surface area contributed by atoms with Crippen LogP contribution in [0.25, 0.3) is 11.0 Å². The Kier molecular flexibility index (Phi) is 3.65. The molecule has 0 aliphatic heterocycles. The Morgan fingerprint density at radius 3 is 2.75 bits per heavy atom. The standard InChI is InChI=1S/C20H17NO3/c22-19(16-12-14-7-2-4-11-18(14)24-20(16)23)21-17-10-5-8-13-6-1-3-9-15(13)17/h2,4-5,7-8,10-12H,1,3,6,9H2,(H,21,22). The highest BCUT2D eigenvalue weighted by atomic mass is 16.4. The van der Waals surface area contributed by atoms with Gasteiger partial charge in [0.2, 0.25) is 0 Å². The van der Waals surface area contributed by atoms with Gasteiger partial charge in [-0.2, -0.15) is 0 Å². The van der Waals surface area contributed by atoms with E-state index in [2.05, 4.69) is 11.4 Å². The van der Waals surface area contributed by atoms with Crippen molar-refractivity contribution >= 4 is 22.6 Å². The second-order valence-electron chi connectivity index (χ2n) is 6.09. The van der Waals surface area contributed by atoms with E-state index in [9.17, 15) is 9.59 Å². The largest absolute Gasteiger partial charge is 0.422 e. The molecule has 0 saturated carbocycles. The molecule has 120 valence electrons. The van der Waals surface area contributed by atoms with Gasteiger partial charge < -0.3 is 9.73 Å². The summed E-state index contributed by atoms with van der Waals surface area (Å²) in [6.45, 7) is 0. The predicted molar refractivity (Wildman–Crippen MR) is 93.5 cm³/mol. The van der Waals surface area contributed by atoms with Crippen LogP contribution in [0.4, 0.5) is 5.69 Å². The minimum atomic E-state index is -0.615. The molecule has 1 aromatic heterocycles. The van der Waals surface area contributed by atoms with Crippen molar-refractivity contribution in [1.82, 2.24) is 0 Å². The molecule has 4 rings (SSSR count). The molecular formula is C20H17NO3. The van der Waals surface area contributed by atoms with Crippen LogP contribution in [0.2, 0.25) is 0 Å². The number of aryl methyl sites for hydroxylation is 1. The first-order chi connectivity index (χ1) is 11.7. The number of anilines is 1. The van der Waals surface area contributed by atoms with Gasteiger partial charge in [-0.05, 0) is 55.0 Å². The highest BCUT2D eigenvalue weighted by molar-refractivity contribution is 6.05. The Morgan fingerprint density at radius 1 is 1.00 bits per heavy atom. The van der Waals surface area contributed by atoms with E-state index < -0.39 is 11.5 Å². The van der Waals surface area contributed by atoms with E-state index in [0.717, 1.165) is 30.3 Å². The average molecular weight is 319 g/mol. The minimum absolute atomic E-state index is 0.0297. The zero-order valence-corrected chi connectivity index (χ0v) is 13.2. The summed E-state index contributed by atoms with van der Waals surface area (Å²) in [5, 5.41) is 3.63. The minimum Gasteiger partial charge on any atom is -0.422 e. The molecule has 0 bridgehead atoms. The number of nitrogens with one attached hydrogen (secondary N) is 1. The molecule has 1 N–H and O–H groups in total. The summed E-state index contributed by atoms with van der Waals surface area (Å²) < 4.78 is 5.25. The topological polar surface area (TPSA) is 59.3 Å². The number of hydrogen-bond acceptors (Lipinski definition) is 3. The lowest BCUT2D eigenvalue weighted by Gasteiger charge is -2.19. The Hall–Kier alpha value is -2.88. The van der Waals surface area contributed by atoms with Crippen molar-refractivity contribution in [1.29, 1.82) is 0 Å². The fourth-order valence-electron chi connectivity index (χ4n) is 3.31. The number of amides is 1. The number of hydrogen-bond donors (Lipinski definition) is 1. The van der Waals surface area contributed by atoms with Crippen molar-refractivity contribution in [3.05, 3.63) is 75.6 Å². The van der Waals surface area contributed by atoms with Gasteiger partial charge in [-0.15, -0.1) is 0 Å². The first-order valence-electron chi connectivity index (χ1n) is 8.17. The van der Waals surface area contributed by atoms with Gasteiger partial charge in [-0.3, -0.25) is 4.79 Å². The van der Waals surface area contributed by atoms with E-state index in [-0.39, 0.29) is 5.56 Å². The Bertz CT molecular complexity index is 988. The Balaban J connectivity index is 1.70.